The summed E-state index contributed by atoms with van der Waals surface area (Å²) < 4.78 is 0. The van der Waals surface area contributed by atoms with Gasteiger partial charge in [0, 0.05) is 18.7 Å². The minimum absolute atomic E-state index is 1.00. The molecule has 0 saturated carbocycles. The van der Waals surface area contributed by atoms with Gasteiger partial charge in [-0.1, -0.05) is 42.5 Å². The third-order valence-electron chi connectivity index (χ3n) is 2.16. The van der Waals surface area contributed by atoms with E-state index in [-0.39, 0.29) is 0 Å². The quantitative estimate of drug-likeness (QED) is 0.604. The fraction of sp³-hybridized carbons (Fsp3) is 0.300. The van der Waals surface area contributed by atoms with Gasteiger partial charge in [0.2, 0.25) is 0 Å². The monoisotopic (exact) mass is 177 g/mol. The molecule has 1 aliphatic heterocycles. The molecule has 1 aromatic rings. The number of thiocarbonyl (C=S) groups is 1. The largest absolute Gasteiger partial charge is 0.362 e. The lowest BCUT2D eigenvalue weighted by atomic mass is 10.1. The third-order valence-corrected chi connectivity index (χ3v) is 2.66. The Hall–Kier alpha value is -0.890. The Labute approximate surface area is 78.0 Å². The number of hydrogen-bond donors (Lipinski definition) is 0. The summed E-state index contributed by atoms with van der Waals surface area (Å²) in [5.74, 6) is 0. The van der Waals surface area contributed by atoms with Crippen molar-refractivity contribution in [2.45, 2.75) is 6.42 Å². The van der Waals surface area contributed by atoms with Crippen LogP contribution in [0.15, 0.2) is 30.3 Å². The molecule has 12 heavy (non-hydrogen) atoms. The molecule has 0 N–H and O–H groups in total. The molecule has 1 fully saturated rings. The molecule has 1 aromatic carbocycles. The number of likely N-dealkylation sites (tertiary alicyclic amines) is 1. The maximum Gasteiger partial charge on any atom is 0.109 e. The van der Waals surface area contributed by atoms with Crippen LogP contribution in [0, 0.1) is 0 Å². The summed E-state index contributed by atoms with van der Waals surface area (Å²) in [6, 6.07) is 10.2. The summed E-state index contributed by atoms with van der Waals surface area (Å²) in [5.41, 5.74) is 1.17. The van der Waals surface area contributed by atoms with Gasteiger partial charge in [-0.05, 0) is 6.42 Å². The van der Waals surface area contributed by atoms with Crippen molar-refractivity contribution in [3.63, 3.8) is 0 Å². The summed E-state index contributed by atoms with van der Waals surface area (Å²) in [6.07, 6.45) is 1.28. The molecule has 0 unspecified atom stereocenters. The number of rotatable bonds is 1. The number of benzene rings is 1. The molecule has 0 atom stereocenters. The molecule has 0 aromatic heterocycles. The van der Waals surface area contributed by atoms with Crippen molar-refractivity contribution in [3.05, 3.63) is 35.9 Å². The first-order valence-corrected chi connectivity index (χ1v) is 4.63. The van der Waals surface area contributed by atoms with Crippen LogP contribution in [-0.2, 0) is 0 Å². The maximum atomic E-state index is 5.32. The Kier molecular flexibility index (Phi) is 2.09. The van der Waals surface area contributed by atoms with Crippen LogP contribution < -0.4 is 0 Å². The predicted octanol–water partition coefficient (Wildman–Crippen LogP) is 2.07. The fourth-order valence-corrected chi connectivity index (χ4v) is 1.60. The molecule has 1 nitrogen and oxygen atoms in total. The van der Waals surface area contributed by atoms with Gasteiger partial charge >= 0.3 is 0 Å². The van der Waals surface area contributed by atoms with Crippen molar-refractivity contribution in [2.75, 3.05) is 13.1 Å². The van der Waals surface area contributed by atoms with Gasteiger partial charge in [-0.3, -0.25) is 0 Å². The van der Waals surface area contributed by atoms with Gasteiger partial charge in [0.1, 0.15) is 4.99 Å². The lowest BCUT2D eigenvalue weighted by molar-refractivity contribution is 0.306. The summed E-state index contributed by atoms with van der Waals surface area (Å²) in [5, 5.41) is 0. The van der Waals surface area contributed by atoms with Crippen LogP contribution in [-0.4, -0.2) is 23.0 Å². The lowest BCUT2D eigenvalue weighted by Crippen LogP contribution is -2.41. The molecular weight excluding hydrogens is 166 g/mol. The molecule has 2 rings (SSSR count). The van der Waals surface area contributed by atoms with Gasteiger partial charge < -0.3 is 4.90 Å². The van der Waals surface area contributed by atoms with Crippen LogP contribution in [0.2, 0.25) is 0 Å². The zero-order valence-electron chi connectivity index (χ0n) is 6.86. The fourth-order valence-electron chi connectivity index (χ4n) is 1.28. The highest BCUT2D eigenvalue weighted by Gasteiger charge is 2.17. The molecule has 0 aliphatic carbocycles. The molecule has 1 heterocycles. The van der Waals surface area contributed by atoms with E-state index in [4.69, 9.17) is 12.2 Å². The first kappa shape index (κ1) is 7.74. The van der Waals surface area contributed by atoms with Crippen LogP contribution in [0.1, 0.15) is 12.0 Å². The molecule has 62 valence electrons. The molecule has 0 amide bonds. The standard InChI is InChI=1S/C10H11NS/c12-10(11-7-4-8-11)9-5-2-1-3-6-9/h1-3,5-6H,4,7-8H2. The number of hydrogen-bond acceptors (Lipinski definition) is 1. The molecule has 0 radical (unpaired) electrons. The van der Waals surface area contributed by atoms with Gasteiger partial charge in [0.05, 0.1) is 0 Å². The summed E-state index contributed by atoms with van der Waals surface area (Å²) in [6.45, 7) is 2.27. The Balaban J connectivity index is 2.14. The van der Waals surface area contributed by atoms with Gasteiger partial charge in [0.25, 0.3) is 0 Å². The normalized spacial score (nSPS) is 15.5. The molecule has 2 heteroatoms. The van der Waals surface area contributed by atoms with Gasteiger partial charge in [-0.25, -0.2) is 0 Å². The molecular formula is C10H11NS. The highest BCUT2D eigenvalue weighted by Crippen LogP contribution is 2.12. The number of nitrogens with zero attached hydrogens (tertiary/aromatic N) is 1. The van der Waals surface area contributed by atoms with Crippen molar-refractivity contribution < 1.29 is 0 Å². The van der Waals surface area contributed by atoms with Crippen molar-refractivity contribution in [3.8, 4) is 0 Å². The van der Waals surface area contributed by atoms with Gasteiger partial charge in [0.15, 0.2) is 0 Å². The van der Waals surface area contributed by atoms with E-state index in [1.165, 1.54) is 12.0 Å². The summed E-state index contributed by atoms with van der Waals surface area (Å²) in [4.78, 5) is 3.24. The summed E-state index contributed by atoms with van der Waals surface area (Å²) in [7, 11) is 0. The van der Waals surface area contributed by atoms with Gasteiger partial charge in [-0.2, -0.15) is 0 Å². The third kappa shape index (κ3) is 1.34. The topological polar surface area (TPSA) is 3.24 Å². The summed E-state index contributed by atoms with van der Waals surface area (Å²) >= 11 is 5.32. The van der Waals surface area contributed by atoms with Crippen LogP contribution in [0.25, 0.3) is 0 Å². The van der Waals surface area contributed by atoms with E-state index in [1.54, 1.807) is 0 Å². The molecule has 0 bridgehead atoms. The van der Waals surface area contributed by atoms with E-state index in [2.05, 4.69) is 17.0 Å². The SMILES string of the molecule is S=C(c1ccccc1)N1CCC1. The Bertz CT molecular complexity index is 277. The van der Waals surface area contributed by atoms with Crippen molar-refractivity contribution >= 4 is 17.2 Å². The van der Waals surface area contributed by atoms with E-state index in [0.717, 1.165) is 18.1 Å². The first-order chi connectivity index (χ1) is 5.88. The Morgan fingerprint density at radius 3 is 2.33 bits per heavy atom. The zero-order valence-corrected chi connectivity index (χ0v) is 7.68. The molecule has 1 saturated heterocycles. The first-order valence-electron chi connectivity index (χ1n) is 4.22. The minimum Gasteiger partial charge on any atom is -0.362 e. The highest BCUT2D eigenvalue weighted by molar-refractivity contribution is 7.80. The maximum absolute atomic E-state index is 5.32. The van der Waals surface area contributed by atoms with E-state index >= 15 is 0 Å². The van der Waals surface area contributed by atoms with Crippen molar-refractivity contribution in [1.82, 2.24) is 4.90 Å². The molecule has 0 spiro atoms. The van der Waals surface area contributed by atoms with E-state index in [0.29, 0.717) is 0 Å². The smallest absolute Gasteiger partial charge is 0.109 e. The highest BCUT2D eigenvalue weighted by atomic mass is 32.1. The van der Waals surface area contributed by atoms with Crippen LogP contribution in [0.3, 0.4) is 0 Å². The van der Waals surface area contributed by atoms with Crippen LogP contribution in [0.4, 0.5) is 0 Å². The second-order valence-corrected chi connectivity index (χ2v) is 3.40. The van der Waals surface area contributed by atoms with Gasteiger partial charge in [-0.15, -0.1) is 0 Å². The molecule has 1 aliphatic rings. The van der Waals surface area contributed by atoms with E-state index in [9.17, 15) is 0 Å². The zero-order chi connectivity index (χ0) is 8.39. The average Bonchev–Trinajstić information content (AvgIpc) is 2.03. The van der Waals surface area contributed by atoms with Crippen LogP contribution in [0.5, 0.6) is 0 Å². The second kappa shape index (κ2) is 3.23. The van der Waals surface area contributed by atoms with Crippen molar-refractivity contribution in [1.29, 1.82) is 0 Å². The van der Waals surface area contributed by atoms with E-state index in [1.807, 2.05) is 18.2 Å². The Morgan fingerprint density at radius 1 is 1.17 bits per heavy atom. The average molecular weight is 177 g/mol. The van der Waals surface area contributed by atoms with Crippen molar-refractivity contribution in [2.24, 2.45) is 0 Å². The van der Waals surface area contributed by atoms with Crippen LogP contribution >= 0.6 is 12.2 Å². The minimum atomic E-state index is 1.00. The van der Waals surface area contributed by atoms with E-state index < -0.39 is 0 Å². The Morgan fingerprint density at radius 2 is 1.83 bits per heavy atom. The predicted molar refractivity (Wildman–Crippen MR) is 54.3 cm³/mol. The lowest BCUT2D eigenvalue weighted by Gasteiger charge is -2.33. The second-order valence-electron chi connectivity index (χ2n) is 3.01.